The molecular weight excluding hydrogens is 262 g/mol. The van der Waals surface area contributed by atoms with E-state index < -0.39 is 17.4 Å². The Bertz CT molecular complexity index is 627. The summed E-state index contributed by atoms with van der Waals surface area (Å²) in [5.41, 5.74) is -0.242. The third kappa shape index (κ3) is 1.99. The minimum Gasteiger partial charge on any atom is -0.508 e. The van der Waals surface area contributed by atoms with Gasteiger partial charge in [-0.05, 0) is 30.7 Å². The van der Waals surface area contributed by atoms with Crippen molar-refractivity contribution in [2.45, 2.75) is 6.92 Å². The van der Waals surface area contributed by atoms with Gasteiger partial charge in [0, 0.05) is 17.2 Å². The molecule has 18 heavy (non-hydrogen) atoms. The van der Waals surface area contributed by atoms with Crippen LogP contribution in [0.4, 0.5) is 8.78 Å². The molecule has 0 fully saturated rings. The highest BCUT2D eigenvalue weighted by atomic mass is 35.5. The highest BCUT2D eigenvalue weighted by Crippen LogP contribution is 2.39. The molecule has 2 nitrogen and oxygen atoms in total. The molecule has 0 spiro atoms. The maximum Gasteiger partial charge on any atom is 0.140 e. The Labute approximate surface area is 107 Å². The Balaban J connectivity index is 2.77. The van der Waals surface area contributed by atoms with E-state index in [-0.39, 0.29) is 21.9 Å². The molecule has 2 N–H and O–H groups in total. The Kier molecular flexibility index (Phi) is 3.13. The Morgan fingerprint density at radius 1 is 1.17 bits per heavy atom. The standard InChI is InChI=1S/C13H8ClF2O2/c1-6-4-9(16)7(5-11(6)18)12-8(15)2-3-10(17)13(12)14/h3-5,17-18H,1H3. The average Bonchev–Trinajstić information content (AvgIpc) is 2.31. The second kappa shape index (κ2) is 4.46. The topological polar surface area (TPSA) is 40.5 Å². The second-order valence-electron chi connectivity index (χ2n) is 3.80. The summed E-state index contributed by atoms with van der Waals surface area (Å²) < 4.78 is 27.4. The number of aromatic hydroxyl groups is 2. The first kappa shape index (κ1) is 12.6. The fourth-order valence-corrected chi connectivity index (χ4v) is 1.82. The van der Waals surface area contributed by atoms with Crippen LogP contribution in [0.15, 0.2) is 18.2 Å². The van der Waals surface area contributed by atoms with Gasteiger partial charge < -0.3 is 10.2 Å². The maximum atomic E-state index is 13.8. The number of aryl methyl sites for hydroxylation is 1. The molecular formula is C13H8ClF2O2. The third-order valence-electron chi connectivity index (χ3n) is 2.55. The van der Waals surface area contributed by atoms with E-state index in [1.165, 1.54) is 6.92 Å². The molecule has 0 aliphatic carbocycles. The normalized spacial score (nSPS) is 10.7. The molecule has 1 radical (unpaired) electrons. The average molecular weight is 270 g/mol. The molecule has 2 rings (SSSR count). The first-order valence-corrected chi connectivity index (χ1v) is 5.37. The molecule has 5 heteroatoms. The number of rotatable bonds is 1. The molecule has 0 saturated carbocycles. The summed E-state index contributed by atoms with van der Waals surface area (Å²) in [6, 6.07) is 5.19. The van der Waals surface area contributed by atoms with Gasteiger partial charge in [0.1, 0.15) is 23.1 Å². The van der Waals surface area contributed by atoms with Crippen LogP contribution in [0.2, 0.25) is 5.02 Å². The molecule has 0 bridgehead atoms. The van der Waals surface area contributed by atoms with Crippen LogP contribution in [0.5, 0.6) is 11.5 Å². The van der Waals surface area contributed by atoms with E-state index in [4.69, 9.17) is 11.6 Å². The van der Waals surface area contributed by atoms with Crippen molar-refractivity contribution in [2.24, 2.45) is 0 Å². The lowest BCUT2D eigenvalue weighted by molar-refractivity contribution is 0.468. The first-order chi connectivity index (χ1) is 8.41. The van der Waals surface area contributed by atoms with Crippen molar-refractivity contribution in [1.29, 1.82) is 0 Å². The molecule has 93 valence electrons. The van der Waals surface area contributed by atoms with E-state index >= 15 is 0 Å². The van der Waals surface area contributed by atoms with Gasteiger partial charge in [-0.1, -0.05) is 11.6 Å². The zero-order valence-corrected chi connectivity index (χ0v) is 10.0. The molecule has 0 amide bonds. The molecule has 0 atom stereocenters. The molecule has 2 aromatic rings. The molecule has 0 unspecified atom stereocenters. The lowest BCUT2D eigenvalue weighted by Crippen LogP contribution is -1.92. The van der Waals surface area contributed by atoms with Crippen molar-refractivity contribution in [3.63, 3.8) is 0 Å². The van der Waals surface area contributed by atoms with Crippen molar-refractivity contribution in [3.05, 3.63) is 46.5 Å². The summed E-state index contributed by atoms with van der Waals surface area (Å²) in [6.07, 6.45) is 0. The van der Waals surface area contributed by atoms with Crippen LogP contribution in [0.1, 0.15) is 5.56 Å². The van der Waals surface area contributed by atoms with E-state index in [9.17, 15) is 19.0 Å². The fourth-order valence-electron chi connectivity index (χ4n) is 1.58. The number of benzene rings is 2. The summed E-state index contributed by atoms with van der Waals surface area (Å²) in [5, 5.41) is 18.6. The lowest BCUT2D eigenvalue weighted by atomic mass is 10.0. The largest absolute Gasteiger partial charge is 0.508 e. The predicted molar refractivity (Wildman–Crippen MR) is 63.7 cm³/mol. The van der Waals surface area contributed by atoms with Gasteiger partial charge in [0.15, 0.2) is 0 Å². The van der Waals surface area contributed by atoms with Crippen molar-refractivity contribution in [3.8, 4) is 22.6 Å². The molecule has 0 aliphatic heterocycles. The van der Waals surface area contributed by atoms with Crippen molar-refractivity contribution >= 4 is 11.6 Å². The summed E-state index contributed by atoms with van der Waals surface area (Å²) in [7, 11) is 0. The van der Waals surface area contributed by atoms with Crippen molar-refractivity contribution < 1.29 is 19.0 Å². The van der Waals surface area contributed by atoms with E-state index in [1.54, 1.807) is 0 Å². The number of hydrogen-bond donors (Lipinski definition) is 2. The van der Waals surface area contributed by atoms with Crippen LogP contribution in [-0.4, -0.2) is 10.2 Å². The Morgan fingerprint density at radius 3 is 2.50 bits per heavy atom. The number of phenols is 2. The van der Waals surface area contributed by atoms with Gasteiger partial charge in [0.25, 0.3) is 0 Å². The van der Waals surface area contributed by atoms with Crippen LogP contribution >= 0.6 is 11.6 Å². The molecule has 0 heterocycles. The third-order valence-corrected chi connectivity index (χ3v) is 2.94. The van der Waals surface area contributed by atoms with E-state index in [2.05, 4.69) is 6.07 Å². The highest BCUT2D eigenvalue weighted by Gasteiger charge is 2.18. The van der Waals surface area contributed by atoms with Crippen LogP contribution < -0.4 is 0 Å². The zero-order chi connectivity index (χ0) is 13.4. The highest BCUT2D eigenvalue weighted by molar-refractivity contribution is 6.34. The zero-order valence-electron chi connectivity index (χ0n) is 9.26. The quantitative estimate of drug-likeness (QED) is 0.826. The van der Waals surface area contributed by atoms with Gasteiger partial charge in [-0.3, -0.25) is 0 Å². The van der Waals surface area contributed by atoms with Gasteiger partial charge in [0.2, 0.25) is 0 Å². The van der Waals surface area contributed by atoms with Gasteiger partial charge >= 0.3 is 0 Å². The van der Waals surface area contributed by atoms with E-state index in [1.807, 2.05) is 0 Å². The number of halogens is 3. The number of hydrogen-bond acceptors (Lipinski definition) is 2. The first-order valence-electron chi connectivity index (χ1n) is 5.00. The summed E-state index contributed by atoms with van der Waals surface area (Å²) in [4.78, 5) is 0. The second-order valence-corrected chi connectivity index (χ2v) is 4.17. The Hall–Kier alpha value is -1.81. The summed E-state index contributed by atoms with van der Waals surface area (Å²) in [5.74, 6) is -2.25. The van der Waals surface area contributed by atoms with Gasteiger partial charge in [-0.25, -0.2) is 8.78 Å². The van der Waals surface area contributed by atoms with Crippen LogP contribution in [-0.2, 0) is 0 Å². The smallest absolute Gasteiger partial charge is 0.140 e. The van der Waals surface area contributed by atoms with E-state index in [0.717, 1.165) is 18.2 Å². The lowest BCUT2D eigenvalue weighted by Gasteiger charge is -2.10. The van der Waals surface area contributed by atoms with Crippen molar-refractivity contribution in [2.75, 3.05) is 0 Å². The monoisotopic (exact) mass is 269 g/mol. The van der Waals surface area contributed by atoms with Crippen molar-refractivity contribution in [1.82, 2.24) is 0 Å². The molecule has 0 aliphatic rings. The SMILES string of the molecule is Cc1cc(F)c(-c2c(F)[c]cc(O)c2Cl)cc1O. The summed E-state index contributed by atoms with van der Waals surface area (Å²) in [6.45, 7) is 1.51. The van der Waals surface area contributed by atoms with Crippen LogP contribution in [0, 0.1) is 24.6 Å². The molecule has 0 aromatic heterocycles. The van der Waals surface area contributed by atoms with Gasteiger partial charge in [-0.15, -0.1) is 0 Å². The molecule has 0 saturated heterocycles. The minimum atomic E-state index is -0.903. The van der Waals surface area contributed by atoms with Crippen LogP contribution in [0.3, 0.4) is 0 Å². The fraction of sp³-hybridized carbons (Fsp3) is 0.0769. The maximum absolute atomic E-state index is 13.8. The van der Waals surface area contributed by atoms with Gasteiger partial charge in [0.05, 0.1) is 5.02 Å². The van der Waals surface area contributed by atoms with Gasteiger partial charge in [-0.2, -0.15) is 0 Å². The Morgan fingerprint density at radius 2 is 1.83 bits per heavy atom. The minimum absolute atomic E-state index is 0.190. The number of phenolic OH excluding ortho intramolecular Hbond substituents is 2. The van der Waals surface area contributed by atoms with E-state index in [0.29, 0.717) is 5.56 Å². The molecule has 2 aromatic carbocycles. The predicted octanol–water partition coefficient (Wildman–Crippen LogP) is 3.81. The van der Waals surface area contributed by atoms with Crippen LogP contribution in [0.25, 0.3) is 11.1 Å². The summed E-state index contributed by atoms with van der Waals surface area (Å²) >= 11 is 5.74.